The van der Waals surface area contributed by atoms with Crippen molar-refractivity contribution in [3.8, 4) is 0 Å². The Hall–Kier alpha value is -1.34. The Bertz CT molecular complexity index is 469. The summed E-state index contributed by atoms with van der Waals surface area (Å²) in [5.41, 5.74) is 5.80. The number of anilines is 2. The predicted octanol–water partition coefficient (Wildman–Crippen LogP) is 1.37. The van der Waals surface area contributed by atoms with Crippen LogP contribution >= 0.6 is 11.3 Å². The molecule has 1 aromatic rings. The smallest absolute Gasteiger partial charge is 0.265 e. The first-order valence-electron chi connectivity index (χ1n) is 6.98. The molecule has 112 valence electrons. The van der Waals surface area contributed by atoms with E-state index in [0.29, 0.717) is 28.4 Å². The molecule has 1 fully saturated rings. The molecule has 1 amide bonds. The second-order valence-corrected chi connectivity index (χ2v) is 6.50. The average molecular weight is 297 g/mol. The van der Waals surface area contributed by atoms with Gasteiger partial charge in [0.15, 0.2) is 5.13 Å². The topological polar surface area (TPSA) is 83.3 Å². The van der Waals surface area contributed by atoms with Crippen LogP contribution in [-0.2, 0) is 0 Å². The predicted molar refractivity (Wildman–Crippen MR) is 83.3 cm³/mol. The summed E-state index contributed by atoms with van der Waals surface area (Å²) >= 11 is 1.30. The fourth-order valence-corrected chi connectivity index (χ4v) is 2.87. The number of aromatic nitrogens is 1. The Kier molecular flexibility index (Phi) is 4.82. The first-order chi connectivity index (χ1) is 9.47. The third kappa shape index (κ3) is 4.08. The molecule has 1 heterocycles. The largest absolute Gasteiger partial charge is 0.382 e. The Balaban J connectivity index is 1.83. The van der Waals surface area contributed by atoms with Crippen molar-refractivity contribution in [2.24, 2.45) is 0 Å². The van der Waals surface area contributed by atoms with E-state index in [1.54, 1.807) is 0 Å². The van der Waals surface area contributed by atoms with Crippen molar-refractivity contribution < 1.29 is 4.79 Å². The van der Waals surface area contributed by atoms with E-state index in [0.717, 1.165) is 6.54 Å². The number of hydrogen-bond acceptors (Lipinski definition) is 6. The van der Waals surface area contributed by atoms with Crippen LogP contribution in [0.15, 0.2) is 0 Å². The maximum absolute atomic E-state index is 12.1. The lowest BCUT2D eigenvalue weighted by atomic mass is 10.4. The normalized spacial score (nSPS) is 14.8. The van der Waals surface area contributed by atoms with Crippen LogP contribution in [0.5, 0.6) is 0 Å². The van der Waals surface area contributed by atoms with Gasteiger partial charge in [0.05, 0.1) is 0 Å². The molecule has 0 radical (unpaired) electrons. The fourth-order valence-electron chi connectivity index (χ4n) is 1.93. The van der Waals surface area contributed by atoms with Gasteiger partial charge in [-0.25, -0.2) is 4.98 Å². The van der Waals surface area contributed by atoms with Gasteiger partial charge in [-0.05, 0) is 33.7 Å². The third-order valence-electron chi connectivity index (χ3n) is 3.19. The Labute approximate surface area is 123 Å². The molecule has 0 saturated heterocycles. The van der Waals surface area contributed by atoms with Gasteiger partial charge in [0.2, 0.25) is 0 Å². The molecule has 0 atom stereocenters. The molecule has 1 aliphatic carbocycles. The summed E-state index contributed by atoms with van der Waals surface area (Å²) < 4.78 is 0. The van der Waals surface area contributed by atoms with E-state index in [4.69, 9.17) is 5.73 Å². The Morgan fingerprint density at radius 2 is 2.25 bits per heavy atom. The first kappa shape index (κ1) is 15.1. The average Bonchev–Trinajstić information content (AvgIpc) is 3.13. The standard InChI is InChI=1S/C13H23N5OS/c1-8(2)16-13-17-11(14)10(20-13)12(19)15-6-7-18(3)9-4-5-9/h8-9H,4-7,14H2,1-3H3,(H,15,19)(H,16,17). The molecule has 1 saturated carbocycles. The highest BCUT2D eigenvalue weighted by molar-refractivity contribution is 7.18. The van der Waals surface area contributed by atoms with Crippen molar-refractivity contribution in [3.63, 3.8) is 0 Å². The summed E-state index contributed by atoms with van der Waals surface area (Å²) in [6.07, 6.45) is 2.55. The number of hydrogen-bond donors (Lipinski definition) is 3. The lowest BCUT2D eigenvalue weighted by Crippen LogP contribution is -2.33. The van der Waals surface area contributed by atoms with Crippen LogP contribution in [0.2, 0.25) is 0 Å². The van der Waals surface area contributed by atoms with Crippen LogP contribution in [0.25, 0.3) is 0 Å². The van der Waals surface area contributed by atoms with Crippen molar-refractivity contribution in [1.82, 2.24) is 15.2 Å². The van der Waals surface area contributed by atoms with Gasteiger partial charge in [-0.1, -0.05) is 11.3 Å². The van der Waals surface area contributed by atoms with Crippen molar-refractivity contribution in [2.75, 3.05) is 31.2 Å². The van der Waals surface area contributed by atoms with Crippen molar-refractivity contribution in [3.05, 3.63) is 4.88 Å². The first-order valence-corrected chi connectivity index (χ1v) is 7.80. The molecule has 0 aliphatic heterocycles. The van der Waals surface area contributed by atoms with Crippen LogP contribution in [0.4, 0.5) is 10.9 Å². The molecule has 0 unspecified atom stereocenters. The highest BCUT2D eigenvalue weighted by atomic mass is 32.1. The van der Waals surface area contributed by atoms with Gasteiger partial charge < -0.3 is 21.3 Å². The Morgan fingerprint density at radius 3 is 2.85 bits per heavy atom. The summed E-state index contributed by atoms with van der Waals surface area (Å²) in [6, 6.07) is 0.978. The van der Waals surface area contributed by atoms with E-state index in [1.807, 2.05) is 13.8 Å². The number of nitrogens with one attached hydrogen (secondary N) is 2. The van der Waals surface area contributed by atoms with E-state index >= 15 is 0 Å². The van der Waals surface area contributed by atoms with Gasteiger partial charge in [-0.15, -0.1) is 0 Å². The van der Waals surface area contributed by atoms with Crippen LogP contribution < -0.4 is 16.4 Å². The maximum atomic E-state index is 12.1. The summed E-state index contributed by atoms with van der Waals surface area (Å²) in [7, 11) is 2.09. The number of nitrogens with zero attached hydrogens (tertiary/aromatic N) is 2. The number of carbonyl (C=O) groups is 1. The SMILES string of the molecule is CC(C)Nc1nc(N)c(C(=O)NCCN(C)C2CC2)s1. The number of likely N-dealkylation sites (N-methyl/N-ethyl adjacent to an activating group) is 1. The molecular weight excluding hydrogens is 274 g/mol. The molecule has 1 aliphatic rings. The molecule has 0 bridgehead atoms. The molecule has 0 spiro atoms. The minimum Gasteiger partial charge on any atom is -0.382 e. The monoisotopic (exact) mass is 297 g/mol. The fraction of sp³-hybridized carbons (Fsp3) is 0.692. The van der Waals surface area contributed by atoms with Crippen LogP contribution in [0.3, 0.4) is 0 Å². The molecule has 0 aromatic carbocycles. The van der Waals surface area contributed by atoms with Gasteiger partial charge in [0.1, 0.15) is 10.7 Å². The lowest BCUT2D eigenvalue weighted by molar-refractivity contribution is 0.0954. The second-order valence-electron chi connectivity index (χ2n) is 5.50. The maximum Gasteiger partial charge on any atom is 0.265 e. The number of amides is 1. The van der Waals surface area contributed by atoms with Gasteiger partial charge in [0.25, 0.3) is 5.91 Å². The van der Waals surface area contributed by atoms with E-state index in [-0.39, 0.29) is 11.9 Å². The van der Waals surface area contributed by atoms with E-state index < -0.39 is 0 Å². The number of nitrogen functional groups attached to an aromatic ring is 1. The number of carbonyl (C=O) groups excluding carboxylic acids is 1. The summed E-state index contributed by atoms with van der Waals surface area (Å²) in [5, 5.41) is 6.75. The zero-order valence-corrected chi connectivity index (χ0v) is 13.1. The molecule has 20 heavy (non-hydrogen) atoms. The van der Waals surface area contributed by atoms with Crippen molar-refractivity contribution in [1.29, 1.82) is 0 Å². The second kappa shape index (κ2) is 6.41. The number of thiazole rings is 1. The highest BCUT2D eigenvalue weighted by Gasteiger charge is 2.25. The van der Waals surface area contributed by atoms with Gasteiger partial charge >= 0.3 is 0 Å². The molecule has 6 nitrogen and oxygen atoms in total. The van der Waals surface area contributed by atoms with Crippen LogP contribution in [-0.4, -0.2) is 48.0 Å². The molecular formula is C13H23N5OS. The number of nitrogens with two attached hydrogens (primary N) is 1. The summed E-state index contributed by atoms with van der Waals surface area (Å²) in [5.74, 6) is 0.159. The van der Waals surface area contributed by atoms with Crippen LogP contribution in [0, 0.1) is 0 Å². The quantitative estimate of drug-likeness (QED) is 0.708. The zero-order chi connectivity index (χ0) is 14.7. The highest BCUT2D eigenvalue weighted by Crippen LogP contribution is 2.26. The minimum atomic E-state index is -0.138. The van der Waals surface area contributed by atoms with Gasteiger partial charge in [0, 0.05) is 25.2 Å². The third-order valence-corrected chi connectivity index (χ3v) is 4.19. The summed E-state index contributed by atoms with van der Waals surface area (Å²) in [4.78, 5) is 19.0. The number of rotatable bonds is 7. The van der Waals surface area contributed by atoms with Crippen molar-refractivity contribution in [2.45, 2.75) is 38.8 Å². The van der Waals surface area contributed by atoms with Gasteiger partial charge in [-0.3, -0.25) is 4.79 Å². The van der Waals surface area contributed by atoms with E-state index in [9.17, 15) is 4.79 Å². The Morgan fingerprint density at radius 1 is 1.55 bits per heavy atom. The van der Waals surface area contributed by atoms with Gasteiger partial charge in [-0.2, -0.15) is 0 Å². The molecule has 7 heteroatoms. The van der Waals surface area contributed by atoms with E-state index in [2.05, 4.69) is 27.6 Å². The molecule has 4 N–H and O–H groups in total. The summed E-state index contributed by atoms with van der Waals surface area (Å²) in [6.45, 7) is 5.54. The minimum absolute atomic E-state index is 0.138. The van der Waals surface area contributed by atoms with E-state index in [1.165, 1.54) is 24.2 Å². The van der Waals surface area contributed by atoms with Crippen molar-refractivity contribution >= 4 is 28.2 Å². The molecule has 2 rings (SSSR count). The molecule has 1 aromatic heterocycles. The zero-order valence-electron chi connectivity index (χ0n) is 12.3. The van der Waals surface area contributed by atoms with Crippen LogP contribution in [0.1, 0.15) is 36.4 Å². The lowest BCUT2D eigenvalue weighted by Gasteiger charge is -2.15.